The van der Waals surface area contributed by atoms with E-state index in [2.05, 4.69) is 16.0 Å². The van der Waals surface area contributed by atoms with Crippen LogP contribution in [0.2, 0.25) is 5.02 Å². The summed E-state index contributed by atoms with van der Waals surface area (Å²) < 4.78 is 11.8. The number of nitrogens with one attached hydrogen (secondary N) is 1. The largest absolute Gasteiger partial charge is 0.490 e. The normalized spacial score (nSPS) is 11.4. The number of fused-ring (bicyclic) bond motifs is 1. The molecule has 1 aromatic heterocycles. The Hall–Kier alpha value is -3.75. The smallest absolute Gasteiger partial charge is 0.161 e. The minimum absolute atomic E-state index is 0.397. The van der Waals surface area contributed by atoms with E-state index in [-0.39, 0.29) is 0 Å². The summed E-state index contributed by atoms with van der Waals surface area (Å²) in [6.07, 6.45) is 1.79. The maximum absolute atomic E-state index is 9.73. The molecule has 0 aliphatic heterocycles. The van der Waals surface area contributed by atoms with Gasteiger partial charge in [0, 0.05) is 5.02 Å². The van der Waals surface area contributed by atoms with Crippen molar-refractivity contribution in [1.29, 1.82) is 5.26 Å². The number of hydrogen-bond acceptors (Lipinski definition) is 4. The lowest BCUT2D eigenvalue weighted by Crippen LogP contribution is -2.00. The molecule has 0 fully saturated rings. The standard InChI is InChI=1S/C26H22ClN3O2/c1-3-31-25-14-19(7-11-24(25)32-16-18-5-8-21(27)9-6-18)13-20(15-28)26-29-22-10-4-17(2)12-23(22)30-26/h4-14H,3,16H2,1-2H3,(H,29,30)/b20-13+. The number of imidazole rings is 1. The van der Waals surface area contributed by atoms with Gasteiger partial charge in [0.2, 0.25) is 0 Å². The molecule has 0 bridgehead atoms. The van der Waals surface area contributed by atoms with Gasteiger partial charge in [-0.25, -0.2) is 4.98 Å². The second-order valence-electron chi connectivity index (χ2n) is 7.33. The van der Waals surface area contributed by atoms with Crippen LogP contribution in [0.1, 0.15) is 29.4 Å². The summed E-state index contributed by atoms with van der Waals surface area (Å²) in [7, 11) is 0. The number of H-pyrrole nitrogens is 1. The van der Waals surface area contributed by atoms with Gasteiger partial charge in [-0.2, -0.15) is 5.26 Å². The van der Waals surface area contributed by atoms with Gasteiger partial charge in [0.05, 0.1) is 23.2 Å². The number of aromatic nitrogens is 2. The van der Waals surface area contributed by atoms with E-state index in [0.29, 0.717) is 41.1 Å². The van der Waals surface area contributed by atoms with Crippen LogP contribution in [-0.2, 0) is 6.61 Å². The van der Waals surface area contributed by atoms with Crippen LogP contribution in [0.25, 0.3) is 22.7 Å². The first kappa shape index (κ1) is 21.5. The highest BCUT2D eigenvalue weighted by molar-refractivity contribution is 6.30. The zero-order chi connectivity index (χ0) is 22.5. The third-order valence-corrected chi connectivity index (χ3v) is 5.15. The number of ether oxygens (including phenoxy) is 2. The van der Waals surface area contributed by atoms with Crippen LogP contribution in [0.3, 0.4) is 0 Å². The van der Waals surface area contributed by atoms with Gasteiger partial charge in [0.15, 0.2) is 11.5 Å². The van der Waals surface area contributed by atoms with Crippen LogP contribution in [0, 0.1) is 18.3 Å². The van der Waals surface area contributed by atoms with Gasteiger partial charge in [0.25, 0.3) is 0 Å². The van der Waals surface area contributed by atoms with Gasteiger partial charge >= 0.3 is 0 Å². The van der Waals surface area contributed by atoms with Crippen molar-refractivity contribution in [1.82, 2.24) is 9.97 Å². The molecule has 4 rings (SSSR count). The number of rotatable bonds is 7. The fourth-order valence-corrected chi connectivity index (χ4v) is 3.44. The Labute approximate surface area is 191 Å². The number of aryl methyl sites for hydroxylation is 1. The van der Waals surface area contributed by atoms with Crippen LogP contribution in [0.15, 0.2) is 60.7 Å². The highest BCUT2D eigenvalue weighted by atomic mass is 35.5. The lowest BCUT2D eigenvalue weighted by Gasteiger charge is -2.13. The molecular formula is C26H22ClN3O2. The van der Waals surface area contributed by atoms with E-state index in [4.69, 9.17) is 21.1 Å². The van der Waals surface area contributed by atoms with E-state index in [1.54, 1.807) is 6.08 Å². The third-order valence-electron chi connectivity index (χ3n) is 4.90. The van der Waals surface area contributed by atoms with Crippen molar-refractivity contribution in [3.63, 3.8) is 0 Å². The average molecular weight is 444 g/mol. The van der Waals surface area contributed by atoms with Gasteiger partial charge in [-0.3, -0.25) is 0 Å². The van der Waals surface area contributed by atoms with E-state index in [9.17, 15) is 5.26 Å². The Balaban J connectivity index is 1.60. The van der Waals surface area contributed by atoms with Crippen LogP contribution in [0.4, 0.5) is 0 Å². The molecular weight excluding hydrogens is 422 g/mol. The van der Waals surface area contributed by atoms with Crippen molar-refractivity contribution >= 4 is 34.3 Å². The molecule has 0 spiro atoms. The second kappa shape index (κ2) is 9.59. The fourth-order valence-electron chi connectivity index (χ4n) is 3.31. The monoisotopic (exact) mass is 443 g/mol. The summed E-state index contributed by atoms with van der Waals surface area (Å²) in [5.74, 6) is 1.79. The molecule has 1 heterocycles. The molecule has 160 valence electrons. The van der Waals surface area contributed by atoms with Crippen molar-refractivity contribution in [2.45, 2.75) is 20.5 Å². The molecule has 0 atom stereocenters. The van der Waals surface area contributed by atoms with Gasteiger partial charge in [-0.15, -0.1) is 0 Å². The van der Waals surface area contributed by atoms with Crippen molar-refractivity contribution in [3.05, 3.63) is 88.2 Å². The number of hydrogen-bond donors (Lipinski definition) is 1. The van der Waals surface area contributed by atoms with Gasteiger partial charge in [-0.05, 0) is 73.0 Å². The SMILES string of the molecule is CCOc1cc(/C=C(\C#N)c2nc3ccc(C)cc3[nH]2)ccc1OCc1ccc(Cl)cc1. The molecule has 0 saturated heterocycles. The van der Waals surface area contributed by atoms with E-state index in [1.807, 2.05) is 74.5 Å². The lowest BCUT2D eigenvalue weighted by molar-refractivity contribution is 0.269. The molecule has 6 heteroatoms. The molecule has 0 amide bonds. The van der Waals surface area contributed by atoms with Crippen molar-refractivity contribution in [3.8, 4) is 17.6 Å². The number of allylic oxidation sites excluding steroid dienone is 1. The molecule has 3 aromatic carbocycles. The van der Waals surface area contributed by atoms with E-state index < -0.39 is 0 Å². The molecule has 0 aliphatic rings. The molecule has 0 radical (unpaired) electrons. The Morgan fingerprint density at radius 2 is 1.88 bits per heavy atom. The zero-order valence-electron chi connectivity index (χ0n) is 17.9. The van der Waals surface area contributed by atoms with Crippen LogP contribution < -0.4 is 9.47 Å². The van der Waals surface area contributed by atoms with E-state index in [0.717, 1.165) is 27.7 Å². The maximum atomic E-state index is 9.73. The first-order valence-corrected chi connectivity index (χ1v) is 10.7. The summed E-state index contributed by atoms with van der Waals surface area (Å²) in [6.45, 7) is 4.84. The Morgan fingerprint density at radius 3 is 2.62 bits per heavy atom. The van der Waals surface area contributed by atoms with Crippen LogP contribution >= 0.6 is 11.6 Å². The second-order valence-corrected chi connectivity index (χ2v) is 7.77. The third kappa shape index (κ3) is 4.93. The predicted octanol–water partition coefficient (Wildman–Crippen LogP) is 6.57. The molecule has 32 heavy (non-hydrogen) atoms. The van der Waals surface area contributed by atoms with Gasteiger partial charge in [-0.1, -0.05) is 35.9 Å². The van der Waals surface area contributed by atoms with Crippen molar-refractivity contribution in [2.75, 3.05) is 6.61 Å². The fraction of sp³-hybridized carbons (Fsp3) is 0.154. The Kier molecular flexibility index (Phi) is 6.44. The maximum Gasteiger partial charge on any atom is 0.161 e. The van der Waals surface area contributed by atoms with E-state index in [1.165, 1.54) is 0 Å². The predicted molar refractivity (Wildman–Crippen MR) is 128 cm³/mol. The van der Waals surface area contributed by atoms with Crippen LogP contribution in [-0.4, -0.2) is 16.6 Å². The highest BCUT2D eigenvalue weighted by Crippen LogP contribution is 2.31. The summed E-state index contributed by atoms with van der Waals surface area (Å²) in [4.78, 5) is 7.79. The first-order valence-electron chi connectivity index (χ1n) is 10.3. The number of nitriles is 1. The minimum Gasteiger partial charge on any atom is -0.490 e. The minimum atomic E-state index is 0.397. The molecule has 4 aromatic rings. The first-order chi connectivity index (χ1) is 15.6. The quantitative estimate of drug-likeness (QED) is 0.328. The van der Waals surface area contributed by atoms with Gasteiger partial charge in [0.1, 0.15) is 18.5 Å². The summed E-state index contributed by atoms with van der Waals surface area (Å²) in [6, 6.07) is 21.3. The van der Waals surface area contributed by atoms with E-state index >= 15 is 0 Å². The molecule has 0 aliphatic carbocycles. The average Bonchev–Trinajstić information content (AvgIpc) is 3.21. The number of nitrogens with zero attached hydrogens (tertiary/aromatic N) is 2. The Morgan fingerprint density at radius 1 is 1.06 bits per heavy atom. The topological polar surface area (TPSA) is 70.9 Å². The Bertz CT molecular complexity index is 1320. The summed E-state index contributed by atoms with van der Waals surface area (Å²) >= 11 is 5.94. The van der Waals surface area contributed by atoms with Crippen molar-refractivity contribution in [2.24, 2.45) is 0 Å². The van der Waals surface area contributed by atoms with Crippen molar-refractivity contribution < 1.29 is 9.47 Å². The number of aromatic amines is 1. The number of halogens is 1. The summed E-state index contributed by atoms with van der Waals surface area (Å²) in [5, 5.41) is 10.4. The zero-order valence-corrected chi connectivity index (χ0v) is 18.6. The summed E-state index contributed by atoms with van der Waals surface area (Å²) in [5.41, 5.74) is 5.13. The van der Waals surface area contributed by atoms with Crippen LogP contribution in [0.5, 0.6) is 11.5 Å². The number of benzene rings is 3. The molecule has 0 saturated carbocycles. The lowest BCUT2D eigenvalue weighted by atomic mass is 10.1. The highest BCUT2D eigenvalue weighted by Gasteiger charge is 2.11. The molecule has 0 unspecified atom stereocenters. The van der Waals surface area contributed by atoms with Gasteiger partial charge < -0.3 is 14.5 Å². The molecule has 1 N–H and O–H groups in total. The molecule has 5 nitrogen and oxygen atoms in total.